The van der Waals surface area contributed by atoms with E-state index in [0.29, 0.717) is 6.42 Å². The van der Waals surface area contributed by atoms with Crippen LogP contribution in [0.4, 0.5) is 0 Å². The van der Waals surface area contributed by atoms with E-state index in [4.69, 9.17) is 14.6 Å². The number of ether oxygens (including phenoxy) is 2. The monoisotopic (exact) mass is 238 g/mol. The smallest absolute Gasteiger partial charge is 0.303 e. The normalized spacial score (nSPS) is 29.9. The summed E-state index contributed by atoms with van der Waals surface area (Å²) < 4.78 is 11.6. The van der Waals surface area contributed by atoms with E-state index in [-0.39, 0.29) is 18.6 Å². The lowest BCUT2D eigenvalue weighted by Gasteiger charge is -2.20. The van der Waals surface area contributed by atoms with Gasteiger partial charge < -0.3 is 14.6 Å². The summed E-state index contributed by atoms with van der Waals surface area (Å²) in [6.45, 7) is 3.79. The van der Waals surface area contributed by atoms with Gasteiger partial charge in [0, 0.05) is 6.42 Å². The third-order valence-electron chi connectivity index (χ3n) is 2.96. The van der Waals surface area contributed by atoms with Crippen molar-refractivity contribution >= 4 is 5.97 Å². The van der Waals surface area contributed by atoms with Crippen molar-refractivity contribution in [1.29, 1.82) is 0 Å². The molecule has 0 saturated carbocycles. The van der Waals surface area contributed by atoms with E-state index in [2.05, 4.69) is 0 Å². The van der Waals surface area contributed by atoms with Crippen molar-refractivity contribution in [2.24, 2.45) is 0 Å². The Balaban J connectivity index is 1.96. The van der Waals surface area contributed by atoms with E-state index in [9.17, 15) is 4.79 Å². The summed E-state index contributed by atoms with van der Waals surface area (Å²) in [7, 11) is 0. The first kappa shape index (κ1) is 12.3. The summed E-state index contributed by atoms with van der Waals surface area (Å²) in [6.07, 6.45) is 7.45. The average molecular weight is 238 g/mol. The van der Waals surface area contributed by atoms with Crippen LogP contribution in [0.1, 0.15) is 33.1 Å². The van der Waals surface area contributed by atoms with E-state index in [0.717, 1.165) is 12.0 Å². The van der Waals surface area contributed by atoms with E-state index in [1.807, 2.05) is 32.1 Å². The topological polar surface area (TPSA) is 55.8 Å². The summed E-state index contributed by atoms with van der Waals surface area (Å²) in [4.78, 5) is 10.5. The first-order valence-corrected chi connectivity index (χ1v) is 5.93. The van der Waals surface area contributed by atoms with E-state index >= 15 is 0 Å². The SMILES string of the molecule is CC1(C)O[C@H]2C=CC=C(CCCC(=O)O)[C@H]2O1. The summed E-state index contributed by atoms with van der Waals surface area (Å²) in [6, 6.07) is 0. The zero-order valence-electron chi connectivity index (χ0n) is 10.2. The molecule has 1 N–H and O–H groups in total. The number of rotatable bonds is 4. The molecule has 0 unspecified atom stereocenters. The molecule has 1 aliphatic carbocycles. The van der Waals surface area contributed by atoms with Crippen LogP contribution in [0, 0.1) is 0 Å². The molecule has 4 nitrogen and oxygen atoms in total. The van der Waals surface area contributed by atoms with Gasteiger partial charge in [0.25, 0.3) is 0 Å². The second-order valence-electron chi connectivity index (χ2n) is 4.89. The molecule has 94 valence electrons. The Labute approximate surface area is 101 Å². The fourth-order valence-corrected chi connectivity index (χ4v) is 2.27. The second-order valence-corrected chi connectivity index (χ2v) is 4.89. The van der Waals surface area contributed by atoms with Crippen LogP contribution in [0.25, 0.3) is 0 Å². The Kier molecular flexibility index (Phi) is 3.35. The molecule has 0 radical (unpaired) electrons. The predicted molar refractivity (Wildman–Crippen MR) is 62.5 cm³/mol. The largest absolute Gasteiger partial charge is 0.481 e. The third-order valence-corrected chi connectivity index (χ3v) is 2.96. The number of hydrogen-bond donors (Lipinski definition) is 1. The molecule has 1 aliphatic heterocycles. The number of aliphatic carboxylic acids is 1. The Morgan fingerprint density at radius 2 is 2.24 bits per heavy atom. The highest BCUT2D eigenvalue weighted by Crippen LogP contribution is 2.36. The van der Waals surface area contributed by atoms with Crippen molar-refractivity contribution in [1.82, 2.24) is 0 Å². The first-order valence-electron chi connectivity index (χ1n) is 5.93. The summed E-state index contributed by atoms with van der Waals surface area (Å²) in [5, 5.41) is 8.62. The van der Waals surface area contributed by atoms with Gasteiger partial charge in [-0.1, -0.05) is 18.2 Å². The molecule has 0 aromatic rings. The fourth-order valence-electron chi connectivity index (χ4n) is 2.27. The molecule has 1 fully saturated rings. The van der Waals surface area contributed by atoms with Crippen molar-refractivity contribution in [2.45, 2.75) is 51.1 Å². The molecule has 2 atom stereocenters. The highest BCUT2D eigenvalue weighted by atomic mass is 16.7. The van der Waals surface area contributed by atoms with E-state index in [1.54, 1.807) is 0 Å². The molecule has 0 spiro atoms. The van der Waals surface area contributed by atoms with Gasteiger partial charge in [-0.2, -0.15) is 0 Å². The zero-order valence-corrected chi connectivity index (χ0v) is 10.2. The lowest BCUT2D eigenvalue weighted by atomic mass is 9.95. The molecule has 1 saturated heterocycles. The number of carboxylic acid groups (broad SMARTS) is 1. The van der Waals surface area contributed by atoms with Gasteiger partial charge >= 0.3 is 5.97 Å². The van der Waals surface area contributed by atoms with Crippen molar-refractivity contribution in [3.05, 3.63) is 23.8 Å². The molecule has 17 heavy (non-hydrogen) atoms. The zero-order chi connectivity index (χ0) is 12.5. The maximum absolute atomic E-state index is 10.5. The molecular formula is C13H18O4. The fraction of sp³-hybridized carbons (Fsp3) is 0.615. The minimum atomic E-state index is -0.752. The minimum absolute atomic E-state index is 0.0326. The van der Waals surface area contributed by atoms with Gasteiger partial charge in [0.15, 0.2) is 5.79 Å². The number of fused-ring (bicyclic) bond motifs is 1. The molecule has 0 amide bonds. The van der Waals surface area contributed by atoms with Crippen LogP contribution in [0.2, 0.25) is 0 Å². The maximum atomic E-state index is 10.5. The highest BCUT2D eigenvalue weighted by Gasteiger charge is 2.42. The van der Waals surface area contributed by atoms with Crippen LogP contribution in [-0.2, 0) is 14.3 Å². The number of carbonyl (C=O) groups is 1. The summed E-state index contributed by atoms with van der Waals surface area (Å²) in [5.74, 6) is -1.31. The number of allylic oxidation sites excluding steroid dienone is 2. The van der Waals surface area contributed by atoms with Gasteiger partial charge in [-0.25, -0.2) is 0 Å². The van der Waals surface area contributed by atoms with Crippen LogP contribution in [0.5, 0.6) is 0 Å². The van der Waals surface area contributed by atoms with Crippen LogP contribution in [0.3, 0.4) is 0 Å². The Morgan fingerprint density at radius 1 is 1.47 bits per heavy atom. The molecule has 0 aromatic heterocycles. The Bertz CT molecular complexity index is 368. The molecule has 2 aliphatic rings. The second kappa shape index (κ2) is 4.63. The number of carboxylic acids is 1. The molecule has 0 bridgehead atoms. The van der Waals surface area contributed by atoms with Gasteiger partial charge in [0.2, 0.25) is 0 Å². The maximum Gasteiger partial charge on any atom is 0.303 e. The Hall–Kier alpha value is -1.13. The van der Waals surface area contributed by atoms with Crippen molar-refractivity contribution in [2.75, 3.05) is 0 Å². The summed E-state index contributed by atoms with van der Waals surface area (Å²) >= 11 is 0. The Morgan fingerprint density at radius 3 is 2.94 bits per heavy atom. The van der Waals surface area contributed by atoms with Crippen LogP contribution in [0.15, 0.2) is 23.8 Å². The average Bonchev–Trinajstić information content (AvgIpc) is 2.52. The molecule has 4 heteroatoms. The van der Waals surface area contributed by atoms with E-state index < -0.39 is 11.8 Å². The predicted octanol–water partition coefficient (Wildman–Crippen LogP) is 2.26. The van der Waals surface area contributed by atoms with Crippen LogP contribution >= 0.6 is 0 Å². The van der Waals surface area contributed by atoms with Crippen molar-refractivity contribution in [3.8, 4) is 0 Å². The lowest BCUT2D eigenvalue weighted by molar-refractivity contribution is -0.140. The third kappa shape index (κ3) is 2.96. The highest BCUT2D eigenvalue weighted by molar-refractivity contribution is 5.66. The van der Waals surface area contributed by atoms with Crippen LogP contribution < -0.4 is 0 Å². The van der Waals surface area contributed by atoms with Gasteiger partial charge in [-0.3, -0.25) is 4.79 Å². The van der Waals surface area contributed by atoms with E-state index in [1.165, 1.54) is 0 Å². The molecule has 1 heterocycles. The van der Waals surface area contributed by atoms with Gasteiger partial charge in [0.1, 0.15) is 12.2 Å². The summed E-state index contributed by atoms with van der Waals surface area (Å²) in [5.41, 5.74) is 1.13. The first-order chi connectivity index (χ1) is 7.98. The van der Waals surface area contributed by atoms with Gasteiger partial charge in [-0.05, 0) is 32.3 Å². The quantitative estimate of drug-likeness (QED) is 0.816. The number of hydrogen-bond acceptors (Lipinski definition) is 3. The lowest BCUT2D eigenvalue weighted by Crippen LogP contribution is -2.25. The van der Waals surface area contributed by atoms with Crippen molar-refractivity contribution in [3.63, 3.8) is 0 Å². The minimum Gasteiger partial charge on any atom is -0.481 e. The van der Waals surface area contributed by atoms with Crippen LogP contribution in [-0.4, -0.2) is 29.1 Å². The molecule has 2 rings (SSSR count). The van der Waals surface area contributed by atoms with Crippen molar-refractivity contribution < 1.29 is 19.4 Å². The molecule has 0 aromatic carbocycles. The standard InChI is InChI=1S/C13H18O4/c1-13(2)16-10-7-3-5-9(12(10)17-13)6-4-8-11(14)15/h3,5,7,10,12H,4,6,8H2,1-2H3,(H,14,15)/t10-,12+/m0/s1. The van der Waals surface area contributed by atoms with Gasteiger partial charge in [0.05, 0.1) is 0 Å². The molecular weight excluding hydrogens is 220 g/mol. The van der Waals surface area contributed by atoms with Gasteiger partial charge in [-0.15, -0.1) is 0 Å².